The van der Waals surface area contributed by atoms with Gasteiger partial charge in [0, 0.05) is 6.08 Å². The van der Waals surface area contributed by atoms with E-state index in [9.17, 15) is 4.79 Å². The van der Waals surface area contributed by atoms with Gasteiger partial charge in [-0.15, -0.1) is 10.2 Å². The monoisotopic (exact) mass is 344 g/mol. The molecular weight excluding hydrogens is 328 g/mol. The highest BCUT2D eigenvalue weighted by atomic mass is 32.1. The van der Waals surface area contributed by atoms with Crippen molar-refractivity contribution in [3.63, 3.8) is 0 Å². The lowest BCUT2D eigenvalue weighted by Crippen LogP contribution is -2.07. The van der Waals surface area contributed by atoms with E-state index in [1.54, 1.807) is 24.3 Å². The van der Waals surface area contributed by atoms with Crippen molar-refractivity contribution >= 4 is 28.5 Å². The number of methoxy groups -OCH3 is 1. The zero-order valence-electron chi connectivity index (χ0n) is 13.3. The number of aryl methyl sites for hydroxylation is 1. The molecule has 2 aromatic rings. The molecule has 2 rings (SSSR count). The lowest BCUT2D eigenvalue weighted by atomic mass is 10.2. The number of amides is 1. The summed E-state index contributed by atoms with van der Waals surface area (Å²) in [5.41, 5.74) is 0.762. The van der Waals surface area contributed by atoms with Crippen molar-refractivity contribution in [3.8, 4) is 17.6 Å². The smallest absolute Gasteiger partial charge is 0.250 e. The molecule has 7 nitrogen and oxygen atoms in total. The minimum atomic E-state index is -0.294. The second kappa shape index (κ2) is 8.64. The van der Waals surface area contributed by atoms with Gasteiger partial charge in [-0.3, -0.25) is 10.1 Å². The Bertz CT molecular complexity index is 780. The fourth-order valence-electron chi connectivity index (χ4n) is 1.78. The molecule has 1 aromatic carbocycles. The Hall–Kier alpha value is -2.92. The van der Waals surface area contributed by atoms with Crippen molar-refractivity contribution in [2.45, 2.75) is 13.3 Å². The third kappa shape index (κ3) is 4.79. The van der Waals surface area contributed by atoms with E-state index in [0.717, 1.165) is 17.0 Å². The zero-order valence-corrected chi connectivity index (χ0v) is 14.1. The predicted molar refractivity (Wildman–Crippen MR) is 91.1 cm³/mol. The second-order valence-corrected chi connectivity index (χ2v) is 5.60. The Morgan fingerprint density at radius 1 is 1.42 bits per heavy atom. The van der Waals surface area contributed by atoms with Gasteiger partial charge in [0.2, 0.25) is 11.0 Å². The number of nitrogens with zero attached hydrogens (tertiary/aromatic N) is 3. The van der Waals surface area contributed by atoms with Crippen molar-refractivity contribution in [2.75, 3.05) is 19.0 Å². The molecule has 8 heteroatoms. The second-order valence-electron chi connectivity index (χ2n) is 4.53. The molecule has 0 unspecified atom stereocenters. The van der Waals surface area contributed by atoms with Crippen LogP contribution in [0, 0.1) is 11.3 Å². The summed E-state index contributed by atoms with van der Waals surface area (Å²) in [4.78, 5) is 11.9. The number of hydrogen-bond acceptors (Lipinski definition) is 7. The average Bonchev–Trinajstić information content (AvgIpc) is 3.05. The maximum absolute atomic E-state index is 11.9. The molecule has 0 spiro atoms. The highest BCUT2D eigenvalue weighted by Crippen LogP contribution is 2.28. The Balaban J connectivity index is 2.02. The fraction of sp³-hybridized carbons (Fsp3) is 0.250. The van der Waals surface area contributed by atoms with Gasteiger partial charge in [-0.1, -0.05) is 24.3 Å². The lowest BCUT2D eigenvalue weighted by Gasteiger charge is -2.08. The van der Waals surface area contributed by atoms with Gasteiger partial charge in [-0.25, -0.2) is 0 Å². The number of carbonyl (C=O) groups is 1. The molecule has 0 atom stereocenters. The Kier molecular flexibility index (Phi) is 6.28. The molecule has 1 N–H and O–H groups in total. The third-order valence-electron chi connectivity index (χ3n) is 2.91. The topological polar surface area (TPSA) is 97.1 Å². The van der Waals surface area contributed by atoms with Gasteiger partial charge in [0.25, 0.3) is 0 Å². The molecule has 0 aliphatic carbocycles. The molecule has 1 heterocycles. The summed E-state index contributed by atoms with van der Waals surface area (Å²) in [5, 5.41) is 20.4. The molecule has 0 fully saturated rings. The van der Waals surface area contributed by atoms with Crippen molar-refractivity contribution < 1.29 is 14.3 Å². The van der Waals surface area contributed by atoms with Gasteiger partial charge >= 0.3 is 0 Å². The maximum atomic E-state index is 11.9. The van der Waals surface area contributed by atoms with Crippen LogP contribution in [0.25, 0.3) is 6.08 Å². The van der Waals surface area contributed by atoms with E-state index in [0.29, 0.717) is 16.6 Å². The SMILES string of the molecule is CCc1nnc(NC(=O)/C=C/c2ccc(OCC#N)c(OC)c2)s1. The van der Waals surface area contributed by atoms with E-state index in [-0.39, 0.29) is 12.5 Å². The first-order valence-corrected chi connectivity index (χ1v) is 7.97. The molecule has 0 radical (unpaired) electrons. The van der Waals surface area contributed by atoms with Crippen LogP contribution in [-0.4, -0.2) is 29.8 Å². The molecule has 0 saturated carbocycles. The third-order valence-corrected chi connectivity index (χ3v) is 3.89. The van der Waals surface area contributed by atoms with Gasteiger partial charge in [0.05, 0.1) is 7.11 Å². The minimum absolute atomic E-state index is 0.0600. The van der Waals surface area contributed by atoms with Crippen LogP contribution in [0.2, 0.25) is 0 Å². The zero-order chi connectivity index (χ0) is 17.4. The van der Waals surface area contributed by atoms with Gasteiger partial charge in [-0.2, -0.15) is 5.26 Å². The molecule has 1 amide bonds. The van der Waals surface area contributed by atoms with Gasteiger partial charge < -0.3 is 9.47 Å². The number of aromatic nitrogens is 2. The molecule has 124 valence electrons. The Morgan fingerprint density at radius 2 is 2.25 bits per heavy atom. The first-order chi connectivity index (χ1) is 11.7. The molecule has 0 saturated heterocycles. The largest absolute Gasteiger partial charge is 0.493 e. The summed E-state index contributed by atoms with van der Waals surface area (Å²) in [6, 6.07) is 7.06. The summed E-state index contributed by atoms with van der Waals surface area (Å²) in [7, 11) is 1.51. The minimum Gasteiger partial charge on any atom is -0.493 e. The predicted octanol–water partition coefficient (Wildman–Crippen LogP) is 2.66. The molecular formula is C16H16N4O3S. The molecule has 0 aliphatic heterocycles. The van der Waals surface area contributed by atoms with Crippen molar-refractivity contribution in [1.82, 2.24) is 10.2 Å². The van der Waals surface area contributed by atoms with Crippen LogP contribution < -0.4 is 14.8 Å². The van der Waals surface area contributed by atoms with Gasteiger partial charge in [-0.05, 0) is 30.2 Å². The lowest BCUT2D eigenvalue weighted by molar-refractivity contribution is -0.111. The van der Waals surface area contributed by atoms with E-state index in [4.69, 9.17) is 14.7 Å². The number of hydrogen-bond donors (Lipinski definition) is 1. The highest BCUT2D eigenvalue weighted by Gasteiger charge is 2.06. The van der Waals surface area contributed by atoms with Crippen molar-refractivity contribution in [2.24, 2.45) is 0 Å². The molecule has 0 aliphatic rings. The van der Waals surface area contributed by atoms with Gasteiger partial charge in [0.1, 0.15) is 11.1 Å². The first kappa shape index (κ1) is 17.4. The summed E-state index contributed by atoms with van der Waals surface area (Å²) in [6.45, 7) is 1.92. The van der Waals surface area contributed by atoms with Crippen LogP contribution in [0.1, 0.15) is 17.5 Å². The average molecular weight is 344 g/mol. The number of carbonyl (C=O) groups excluding carboxylic acids is 1. The van der Waals surface area contributed by atoms with E-state index < -0.39 is 0 Å². The quantitative estimate of drug-likeness (QED) is 0.776. The van der Waals surface area contributed by atoms with Crippen molar-refractivity contribution in [3.05, 3.63) is 34.8 Å². The summed E-state index contributed by atoms with van der Waals surface area (Å²) in [6.07, 6.45) is 3.83. The maximum Gasteiger partial charge on any atom is 0.250 e. The number of nitrogens with one attached hydrogen (secondary N) is 1. The fourth-order valence-corrected chi connectivity index (χ4v) is 2.47. The number of benzene rings is 1. The van der Waals surface area contributed by atoms with E-state index in [1.807, 2.05) is 13.0 Å². The van der Waals surface area contributed by atoms with Crippen LogP contribution in [0.3, 0.4) is 0 Å². The standard InChI is InChI=1S/C16H16N4O3S/c1-3-15-19-20-16(24-15)18-14(21)7-5-11-4-6-12(23-9-8-17)13(10-11)22-2/h4-7,10H,3,9H2,1-2H3,(H,18,20,21)/b7-5+. The van der Waals surface area contributed by atoms with Crippen LogP contribution in [0.15, 0.2) is 24.3 Å². The Labute approximate surface area is 143 Å². The molecule has 1 aromatic heterocycles. The number of nitriles is 1. The number of anilines is 1. The molecule has 0 bridgehead atoms. The van der Waals surface area contributed by atoms with Crippen LogP contribution >= 0.6 is 11.3 Å². The first-order valence-electron chi connectivity index (χ1n) is 7.15. The van der Waals surface area contributed by atoms with Gasteiger partial charge in [0.15, 0.2) is 18.1 Å². The number of rotatable bonds is 7. The highest BCUT2D eigenvalue weighted by molar-refractivity contribution is 7.15. The summed E-state index contributed by atoms with van der Waals surface area (Å²) in [5.74, 6) is 0.670. The summed E-state index contributed by atoms with van der Waals surface area (Å²) >= 11 is 1.35. The number of ether oxygens (including phenoxy) is 2. The van der Waals surface area contributed by atoms with E-state index in [2.05, 4.69) is 15.5 Å². The molecule has 24 heavy (non-hydrogen) atoms. The van der Waals surface area contributed by atoms with E-state index >= 15 is 0 Å². The van der Waals surface area contributed by atoms with E-state index in [1.165, 1.54) is 24.5 Å². The van der Waals surface area contributed by atoms with Crippen molar-refractivity contribution in [1.29, 1.82) is 5.26 Å². The summed E-state index contributed by atoms with van der Waals surface area (Å²) < 4.78 is 10.5. The normalized spacial score (nSPS) is 10.4. The van der Waals surface area contributed by atoms with Crippen LogP contribution in [0.4, 0.5) is 5.13 Å². The Morgan fingerprint density at radius 3 is 2.92 bits per heavy atom. The van der Waals surface area contributed by atoms with Crippen LogP contribution in [-0.2, 0) is 11.2 Å². The van der Waals surface area contributed by atoms with Crippen LogP contribution in [0.5, 0.6) is 11.5 Å².